The second-order valence-corrected chi connectivity index (χ2v) is 6.34. The van der Waals surface area contributed by atoms with Crippen LogP contribution in [0.15, 0.2) is 30.3 Å². The van der Waals surface area contributed by atoms with Crippen LogP contribution in [-0.2, 0) is 14.4 Å². The van der Waals surface area contributed by atoms with Crippen molar-refractivity contribution in [2.24, 2.45) is 0 Å². The van der Waals surface area contributed by atoms with Crippen molar-refractivity contribution in [3.63, 3.8) is 0 Å². The van der Waals surface area contributed by atoms with E-state index in [1.165, 1.54) is 6.92 Å². The van der Waals surface area contributed by atoms with Gasteiger partial charge in [-0.15, -0.1) is 0 Å². The maximum absolute atomic E-state index is 12.0. The van der Waals surface area contributed by atoms with Crippen molar-refractivity contribution in [1.82, 2.24) is 10.2 Å². The van der Waals surface area contributed by atoms with E-state index in [4.69, 9.17) is 4.74 Å². The molecule has 2 amide bonds. The molecule has 0 aromatic heterocycles. The zero-order valence-corrected chi connectivity index (χ0v) is 14.7. The Morgan fingerprint density at radius 2 is 1.76 bits per heavy atom. The molecule has 1 aliphatic heterocycles. The van der Waals surface area contributed by atoms with Gasteiger partial charge in [0.25, 0.3) is 0 Å². The van der Waals surface area contributed by atoms with Crippen molar-refractivity contribution in [2.75, 3.05) is 19.7 Å². The second kappa shape index (κ2) is 9.81. The molecule has 136 valence electrons. The van der Waals surface area contributed by atoms with Crippen LogP contribution in [0, 0.1) is 0 Å². The van der Waals surface area contributed by atoms with Gasteiger partial charge >= 0.3 is 0 Å². The third-order valence-corrected chi connectivity index (χ3v) is 4.24. The van der Waals surface area contributed by atoms with E-state index in [-0.39, 0.29) is 30.1 Å². The van der Waals surface area contributed by atoms with Crippen LogP contribution < -0.4 is 10.1 Å². The molecule has 0 saturated carbocycles. The van der Waals surface area contributed by atoms with Crippen LogP contribution in [0.25, 0.3) is 0 Å². The number of nitrogens with zero attached hydrogens (tertiary/aromatic N) is 1. The Morgan fingerprint density at radius 1 is 1.08 bits per heavy atom. The highest BCUT2D eigenvalue weighted by molar-refractivity contribution is 5.83. The Labute approximate surface area is 148 Å². The summed E-state index contributed by atoms with van der Waals surface area (Å²) in [6, 6.07) is 9.51. The summed E-state index contributed by atoms with van der Waals surface area (Å²) >= 11 is 0. The minimum Gasteiger partial charge on any atom is -0.493 e. The van der Waals surface area contributed by atoms with Crippen LogP contribution in [0.3, 0.4) is 0 Å². The van der Waals surface area contributed by atoms with Crippen LogP contribution in [0.4, 0.5) is 0 Å². The molecule has 1 fully saturated rings. The number of hydrogen-bond donors (Lipinski definition) is 1. The molecule has 6 nitrogen and oxygen atoms in total. The molecule has 0 unspecified atom stereocenters. The van der Waals surface area contributed by atoms with E-state index < -0.39 is 0 Å². The molecule has 1 heterocycles. The standard InChI is InChI=1S/C19H26N2O4/c1-15(22)7-8-19(24)21-12-9-16(10-13-21)20-18(23)11-14-25-17-5-3-2-4-6-17/h2-6,16H,7-14H2,1H3,(H,20,23). The van der Waals surface area contributed by atoms with Crippen molar-refractivity contribution >= 4 is 17.6 Å². The Hall–Kier alpha value is -2.37. The van der Waals surface area contributed by atoms with Gasteiger partial charge in [0.2, 0.25) is 11.8 Å². The number of rotatable bonds is 8. The number of hydrogen-bond acceptors (Lipinski definition) is 4. The number of amides is 2. The van der Waals surface area contributed by atoms with Gasteiger partial charge in [-0.25, -0.2) is 0 Å². The number of para-hydroxylation sites is 1. The Morgan fingerprint density at radius 3 is 2.40 bits per heavy atom. The number of likely N-dealkylation sites (tertiary alicyclic amines) is 1. The highest BCUT2D eigenvalue weighted by Gasteiger charge is 2.23. The number of benzene rings is 1. The van der Waals surface area contributed by atoms with Crippen molar-refractivity contribution in [3.8, 4) is 5.75 Å². The van der Waals surface area contributed by atoms with Crippen LogP contribution >= 0.6 is 0 Å². The summed E-state index contributed by atoms with van der Waals surface area (Å²) in [6.45, 7) is 3.10. The number of carbonyl (C=O) groups excluding carboxylic acids is 3. The van der Waals surface area contributed by atoms with Gasteiger partial charge in [0.05, 0.1) is 13.0 Å². The Bertz CT molecular complexity index is 580. The summed E-state index contributed by atoms with van der Waals surface area (Å²) in [6.07, 6.45) is 2.39. The summed E-state index contributed by atoms with van der Waals surface area (Å²) in [5.74, 6) is 0.787. The largest absolute Gasteiger partial charge is 0.493 e. The molecule has 1 aliphatic rings. The molecule has 0 radical (unpaired) electrons. The third-order valence-electron chi connectivity index (χ3n) is 4.24. The summed E-state index contributed by atoms with van der Waals surface area (Å²) < 4.78 is 5.52. The molecule has 0 aliphatic carbocycles. The van der Waals surface area contributed by atoms with Gasteiger partial charge in [0, 0.05) is 32.0 Å². The first-order valence-corrected chi connectivity index (χ1v) is 8.79. The van der Waals surface area contributed by atoms with E-state index in [0.717, 1.165) is 18.6 Å². The lowest BCUT2D eigenvalue weighted by Gasteiger charge is -2.32. The number of ketones is 1. The van der Waals surface area contributed by atoms with Gasteiger partial charge in [-0.3, -0.25) is 9.59 Å². The monoisotopic (exact) mass is 346 g/mol. The van der Waals surface area contributed by atoms with E-state index in [1.54, 1.807) is 4.90 Å². The van der Waals surface area contributed by atoms with Crippen LogP contribution in [0.2, 0.25) is 0 Å². The first-order chi connectivity index (χ1) is 12.0. The highest BCUT2D eigenvalue weighted by atomic mass is 16.5. The average Bonchev–Trinajstić information content (AvgIpc) is 2.61. The smallest absolute Gasteiger partial charge is 0.223 e. The van der Waals surface area contributed by atoms with Gasteiger partial charge in [-0.2, -0.15) is 0 Å². The maximum Gasteiger partial charge on any atom is 0.223 e. The Balaban J connectivity index is 1.61. The number of ether oxygens (including phenoxy) is 1. The fourth-order valence-electron chi connectivity index (χ4n) is 2.79. The number of piperidine rings is 1. The first kappa shape index (κ1) is 19.0. The minimum atomic E-state index is -0.0303. The lowest BCUT2D eigenvalue weighted by atomic mass is 10.0. The molecule has 1 N–H and O–H groups in total. The number of carbonyl (C=O) groups is 3. The van der Waals surface area contributed by atoms with Crippen molar-refractivity contribution in [2.45, 2.75) is 45.1 Å². The summed E-state index contributed by atoms with van der Waals surface area (Å²) in [4.78, 5) is 36.7. The van der Waals surface area contributed by atoms with Crippen LogP contribution in [0.5, 0.6) is 5.75 Å². The van der Waals surface area contributed by atoms with Gasteiger partial charge in [-0.1, -0.05) is 18.2 Å². The molecule has 1 aromatic rings. The average molecular weight is 346 g/mol. The quantitative estimate of drug-likeness (QED) is 0.780. The van der Waals surface area contributed by atoms with Crippen molar-refractivity contribution < 1.29 is 19.1 Å². The van der Waals surface area contributed by atoms with E-state index in [9.17, 15) is 14.4 Å². The topological polar surface area (TPSA) is 75.7 Å². The van der Waals surface area contributed by atoms with Crippen LogP contribution in [-0.4, -0.2) is 48.2 Å². The van der Waals surface area contributed by atoms with Gasteiger partial charge in [0.1, 0.15) is 11.5 Å². The van der Waals surface area contributed by atoms with Crippen LogP contribution in [0.1, 0.15) is 39.0 Å². The zero-order valence-electron chi connectivity index (χ0n) is 14.7. The molecule has 6 heteroatoms. The van der Waals surface area contributed by atoms with Crippen molar-refractivity contribution in [3.05, 3.63) is 30.3 Å². The minimum absolute atomic E-state index is 0.0243. The lowest BCUT2D eigenvalue weighted by molar-refractivity contribution is -0.134. The van der Waals surface area contributed by atoms with Crippen molar-refractivity contribution in [1.29, 1.82) is 0 Å². The summed E-state index contributed by atoms with van der Waals surface area (Å²) in [5, 5.41) is 3.00. The molecule has 25 heavy (non-hydrogen) atoms. The Kier molecular flexibility index (Phi) is 7.44. The molecule has 0 bridgehead atoms. The second-order valence-electron chi connectivity index (χ2n) is 6.34. The van der Waals surface area contributed by atoms with E-state index >= 15 is 0 Å². The maximum atomic E-state index is 12.0. The molecule has 0 atom stereocenters. The predicted molar refractivity (Wildman–Crippen MR) is 94.2 cm³/mol. The normalized spacial score (nSPS) is 14.8. The lowest BCUT2D eigenvalue weighted by Crippen LogP contribution is -2.46. The zero-order chi connectivity index (χ0) is 18.1. The van der Waals surface area contributed by atoms with Gasteiger partial charge in [-0.05, 0) is 31.9 Å². The number of nitrogens with one attached hydrogen (secondary N) is 1. The molecule has 2 rings (SSSR count). The SMILES string of the molecule is CC(=O)CCC(=O)N1CCC(NC(=O)CCOc2ccccc2)CC1. The predicted octanol–water partition coefficient (Wildman–Crippen LogP) is 1.93. The summed E-state index contributed by atoms with van der Waals surface area (Å²) in [7, 11) is 0. The fourth-order valence-corrected chi connectivity index (χ4v) is 2.79. The molecule has 1 saturated heterocycles. The summed E-state index contributed by atoms with van der Waals surface area (Å²) in [5.41, 5.74) is 0. The fraction of sp³-hybridized carbons (Fsp3) is 0.526. The molecule has 1 aromatic carbocycles. The van der Waals surface area contributed by atoms with Gasteiger partial charge < -0.3 is 19.7 Å². The van der Waals surface area contributed by atoms with E-state index in [0.29, 0.717) is 32.5 Å². The van der Waals surface area contributed by atoms with E-state index in [2.05, 4.69) is 5.32 Å². The number of Topliss-reactive ketones (excluding diaryl/α,β-unsaturated/α-hetero) is 1. The molecular weight excluding hydrogens is 320 g/mol. The molecular formula is C19H26N2O4. The highest BCUT2D eigenvalue weighted by Crippen LogP contribution is 2.13. The third kappa shape index (κ3) is 6.95. The van der Waals surface area contributed by atoms with Gasteiger partial charge in [0.15, 0.2) is 0 Å². The molecule has 0 spiro atoms. The first-order valence-electron chi connectivity index (χ1n) is 8.79. The van der Waals surface area contributed by atoms with E-state index in [1.807, 2.05) is 30.3 Å².